The molecule has 462 valence electrons. The molecule has 0 aliphatic carbocycles. The number of carbonyl (C=O) groups is 3. The number of carbonyl (C=O) groups excluding carboxylic acids is 3. The Kier molecular flexibility index (Phi) is 59.2. The Balaban J connectivity index is 3.86. The lowest BCUT2D eigenvalue weighted by Crippen LogP contribution is -2.44. The summed E-state index contributed by atoms with van der Waals surface area (Å²) >= 11 is 0. The number of rotatable bonds is 63. The molecule has 79 heavy (non-hydrogen) atoms. The van der Waals surface area contributed by atoms with Gasteiger partial charge in [-0.1, -0.05) is 319 Å². The third-order valence-electron chi connectivity index (χ3n) is 15.1. The molecule has 0 rings (SSSR count). The van der Waals surface area contributed by atoms with Crippen LogP contribution in [0.3, 0.4) is 0 Å². The van der Waals surface area contributed by atoms with Crippen LogP contribution in [0.4, 0.5) is 0 Å². The predicted octanol–water partition coefficient (Wildman–Crippen LogP) is 19.2. The van der Waals surface area contributed by atoms with E-state index < -0.39 is 24.3 Å². The summed E-state index contributed by atoms with van der Waals surface area (Å²) < 4.78 is 22.6. The summed E-state index contributed by atoms with van der Waals surface area (Å²) in [6.45, 7) is 4.58. The normalized spacial score (nSPS) is 13.0. The lowest BCUT2D eigenvalue weighted by atomic mass is 10.0. The van der Waals surface area contributed by atoms with Crippen molar-refractivity contribution in [3.63, 3.8) is 0 Å². The van der Waals surface area contributed by atoms with Crippen molar-refractivity contribution in [2.24, 2.45) is 0 Å². The zero-order valence-corrected chi connectivity index (χ0v) is 52.8. The maximum Gasteiger partial charge on any atom is 0.306 e. The van der Waals surface area contributed by atoms with E-state index in [1.807, 2.05) is 33.3 Å². The van der Waals surface area contributed by atoms with Crippen LogP contribution in [0.5, 0.6) is 0 Å². The van der Waals surface area contributed by atoms with E-state index in [1.165, 1.54) is 244 Å². The molecular weight excluding hydrogens is 983 g/mol. The number of carboxylic acid groups (broad SMARTS) is 1. The summed E-state index contributed by atoms with van der Waals surface area (Å²) in [6.07, 6.45) is 75.6. The van der Waals surface area contributed by atoms with E-state index in [4.69, 9.17) is 18.9 Å². The molecule has 0 aromatic carbocycles. The van der Waals surface area contributed by atoms with E-state index in [1.54, 1.807) is 0 Å². The first-order chi connectivity index (χ1) is 38.6. The molecule has 0 amide bonds. The lowest BCUT2D eigenvalue weighted by Gasteiger charge is -2.26. The fourth-order valence-corrected chi connectivity index (χ4v) is 9.97. The van der Waals surface area contributed by atoms with Crippen molar-refractivity contribution in [3.8, 4) is 0 Å². The molecule has 0 saturated heterocycles. The Labute approximate surface area is 489 Å². The SMILES string of the molecule is CC/C=C\C/C=C\C/C=C\C/C=C\CCC(=O)OC(COC(=O)CCCCCCCCCCCCCCCCCCCCCCCCCCCCCCCCCCCCCCCCCCC)COC(OCC[N+](C)(C)C)C(=O)[O-]. The highest BCUT2D eigenvalue weighted by Gasteiger charge is 2.22. The van der Waals surface area contributed by atoms with Crippen LogP contribution in [0.1, 0.15) is 322 Å². The van der Waals surface area contributed by atoms with Crippen molar-refractivity contribution < 1.29 is 42.9 Å². The Morgan fingerprint density at radius 1 is 0.392 bits per heavy atom. The maximum absolute atomic E-state index is 12.8. The van der Waals surface area contributed by atoms with Gasteiger partial charge in [0.25, 0.3) is 0 Å². The quantitative estimate of drug-likeness (QED) is 0.0195. The topological polar surface area (TPSA) is 111 Å². The van der Waals surface area contributed by atoms with E-state index in [-0.39, 0.29) is 38.6 Å². The van der Waals surface area contributed by atoms with E-state index in [2.05, 4.69) is 50.3 Å². The number of allylic oxidation sites excluding steroid dienone is 8. The van der Waals surface area contributed by atoms with E-state index in [9.17, 15) is 19.5 Å². The van der Waals surface area contributed by atoms with Gasteiger partial charge >= 0.3 is 11.9 Å². The highest BCUT2D eigenvalue weighted by Crippen LogP contribution is 2.19. The zero-order valence-electron chi connectivity index (χ0n) is 52.8. The fourth-order valence-electron chi connectivity index (χ4n) is 9.97. The first kappa shape index (κ1) is 76.2. The molecule has 9 heteroatoms. The maximum atomic E-state index is 12.8. The van der Waals surface area contributed by atoms with Gasteiger partial charge in [0.05, 0.1) is 40.3 Å². The first-order valence-electron chi connectivity index (χ1n) is 33.8. The van der Waals surface area contributed by atoms with Crippen LogP contribution in [0, 0.1) is 0 Å². The second kappa shape index (κ2) is 61.3. The highest BCUT2D eigenvalue weighted by molar-refractivity contribution is 5.70. The number of quaternary nitrogens is 1. The van der Waals surface area contributed by atoms with Crippen molar-refractivity contribution in [3.05, 3.63) is 48.6 Å². The first-order valence-corrected chi connectivity index (χ1v) is 33.8. The van der Waals surface area contributed by atoms with Gasteiger partial charge < -0.3 is 33.3 Å². The van der Waals surface area contributed by atoms with Gasteiger partial charge in [0.15, 0.2) is 12.4 Å². The molecule has 0 spiro atoms. The Bertz CT molecular complexity index is 1430. The van der Waals surface area contributed by atoms with Crippen LogP contribution in [0.25, 0.3) is 0 Å². The average molecular weight is 1110 g/mol. The molecule has 2 atom stereocenters. The van der Waals surface area contributed by atoms with Gasteiger partial charge in [0, 0.05) is 12.8 Å². The standard InChI is InChI=1S/C70H129NO8/c1-6-8-10-12-14-16-18-20-21-22-23-24-25-26-27-28-29-30-31-32-33-34-35-36-37-38-39-40-41-42-43-44-45-46-47-49-50-52-54-56-58-60-67(72)77-64-66(65-78-70(69(74)75)76-63-62-71(3,4)5)79-68(73)61-59-57-55-53-51-48-19-17-15-13-11-9-7-2/h9,11,15,17,48,51,55,57,66,70H,6-8,10,12-14,16,18-47,49-50,52-54,56,58-65H2,1-5H3/b11-9-,17-15-,51-48-,57-55-. The average Bonchev–Trinajstić information content (AvgIpc) is 3.42. The third kappa shape index (κ3) is 62.7. The lowest BCUT2D eigenvalue weighted by molar-refractivity contribution is -0.870. The second-order valence-corrected chi connectivity index (χ2v) is 24.1. The molecule has 2 unspecified atom stereocenters. The van der Waals surface area contributed by atoms with Crippen molar-refractivity contribution in [2.45, 2.75) is 334 Å². The molecule has 0 aromatic rings. The number of likely N-dealkylation sites (N-methyl/N-ethyl adjacent to an activating group) is 1. The van der Waals surface area contributed by atoms with Crippen molar-refractivity contribution in [1.29, 1.82) is 0 Å². The van der Waals surface area contributed by atoms with E-state index >= 15 is 0 Å². The van der Waals surface area contributed by atoms with E-state index in [0.717, 1.165) is 44.9 Å². The van der Waals surface area contributed by atoms with Gasteiger partial charge in [0.2, 0.25) is 0 Å². The number of unbranched alkanes of at least 4 members (excludes halogenated alkanes) is 40. The van der Waals surface area contributed by atoms with Crippen LogP contribution in [-0.2, 0) is 33.3 Å². The van der Waals surface area contributed by atoms with Gasteiger partial charge in [-0.25, -0.2) is 0 Å². The largest absolute Gasteiger partial charge is 0.545 e. The highest BCUT2D eigenvalue weighted by atomic mass is 16.7. The van der Waals surface area contributed by atoms with Gasteiger partial charge in [-0.05, 0) is 38.5 Å². The number of carboxylic acids is 1. The van der Waals surface area contributed by atoms with Crippen LogP contribution in [0.2, 0.25) is 0 Å². The number of ether oxygens (including phenoxy) is 4. The fraction of sp³-hybridized carbons (Fsp3) is 0.843. The number of hydrogen-bond donors (Lipinski definition) is 0. The molecule has 9 nitrogen and oxygen atoms in total. The summed E-state index contributed by atoms with van der Waals surface area (Å²) in [5.74, 6) is -2.38. The molecule has 0 aliphatic rings. The van der Waals surface area contributed by atoms with Gasteiger partial charge in [0.1, 0.15) is 13.2 Å². The van der Waals surface area contributed by atoms with Gasteiger partial charge in [-0.15, -0.1) is 0 Å². The van der Waals surface area contributed by atoms with Crippen molar-refractivity contribution in [2.75, 3.05) is 47.5 Å². The molecule has 0 aliphatic heterocycles. The smallest absolute Gasteiger partial charge is 0.306 e. The molecule has 0 N–H and O–H groups in total. The Morgan fingerprint density at radius 2 is 0.722 bits per heavy atom. The Hall–Kier alpha value is -2.75. The van der Waals surface area contributed by atoms with Crippen LogP contribution < -0.4 is 5.11 Å². The van der Waals surface area contributed by atoms with Crippen LogP contribution >= 0.6 is 0 Å². The molecular formula is C70H129NO8. The molecule has 0 bridgehead atoms. The molecule has 0 aromatic heterocycles. The summed E-state index contributed by atoms with van der Waals surface area (Å²) in [5.41, 5.74) is 0. The minimum absolute atomic E-state index is 0.127. The molecule has 0 fully saturated rings. The van der Waals surface area contributed by atoms with Crippen molar-refractivity contribution in [1.82, 2.24) is 0 Å². The summed E-state index contributed by atoms with van der Waals surface area (Å²) in [4.78, 5) is 37.2. The molecule has 0 heterocycles. The number of hydrogen-bond acceptors (Lipinski definition) is 8. The Morgan fingerprint density at radius 3 is 1.05 bits per heavy atom. The minimum Gasteiger partial charge on any atom is -0.545 e. The van der Waals surface area contributed by atoms with Crippen LogP contribution in [0.15, 0.2) is 48.6 Å². The number of nitrogens with zero attached hydrogens (tertiary/aromatic N) is 1. The molecule has 0 saturated carbocycles. The molecule has 0 radical (unpaired) electrons. The summed E-state index contributed by atoms with van der Waals surface area (Å²) in [6, 6.07) is 0. The number of aliphatic carboxylic acids is 1. The second-order valence-electron chi connectivity index (χ2n) is 24.1. The minimum atomic E-state index is -1.64. The van der Waals surface area contributed by atoms with Gasteiger partial charge in [-0.2, -0.15) is 0 Å². The number of esters is 2. The van der Waals surface area contributed by atoms with Gasteiger partial charge in [-0.3, -0.25) is 9.59 Å². The van der Waals surface area contributed by atoms with Crippen LogP contribution in [-0.4, -0.2) is 82.3 Å². The third-order valence-corrected chi connectivity index (χ3v) is 15.1. The predicted molar refractivity (Wildman–Crippen MR) is 334 cm³/mol. The van der Waals surface area contributed by atoms with Crippen molar-refractivity contribution >= 4 is 17.9 Å². The summed E-state index contributed by atoms with van der Waals surface area (Å²) in [5, 5.41) is 11.8. The summed E-state index contributed by atoms with van der Waals surface area (Å²) in [7, 11) is 5.90. The van der Waals surface area contributed by atoms with E-state index in [0.29, 0.717) is 17.4 Å². The zero-order chi connectivity index (χ0) is 57.6. The monoisotopic (exact) mass is 1110 g/mol.